The molecule has 0 aliphatic carbocycles. The van der Waals surface area contributed by atoms with E-state index in [-0.39, 0.29) is 0 Å². The molecule has 0 radical (unpaired) electrons. The SMILES string of the molecule is Cc1cc(C#N)ccc1CN1CCCC2CNCC21. The number of aryl methyl sites for hydroxylation is 1. The van der Waals surface area contributed by atoms with E-state index in [1.807, 2.05) is 12.1 Å². The van der Waals surface area contributed by atoms with Crippen LogP contribution < -0.4 is 5.32 Å². The number of fused-ring (bicyclic) bond motifs is 1. The van der Waals surface area contributed by atoms with Gasteiger partial charge in [0, 0.05) is 19.1 Å². The van der Waals surface area contributed by atoms with Gasteiger partial charge in [-0.15, -0.1) is 0 Å². The Morgan fingerprint density at radius 3 is 3.11 bits per heavy atom. The Hall–Kier alpha value is -1.37. The molecule has 19 heavy (non-hydrogen) atoms. The van der Waals surface area contributed by atoms with E-state index in [2.05, 4.69) is 29.3 Å². The highest BCUT2D eigenvalue weighted by Gasteiger charge is 2.34. The van der Waals surface area contributed by atoms with Gasteiger partial charge >= 0.3 is 0 Å². The molecule has 3 nitrogen and oxygen atoms in total. The lowest BCUT2D eigenvalue weighted by Gasteiger charge is -2.37. The predicted molar refractivity (Wildman–Crippen MR) is 75.7 cm³/mol. The van der Waals surface area contributed by atoms with Crippen molar-refractivity contribution in [1.82, 2.24) is 10.2 Å². The van der Waals surface area contributed by atoms with Gasteiger partial charge in [0.05, 0.1) is 11.6 Å². The van der Waals surface area contributed by atoms with Crippen LogP contribution >= 0.6 is 0 Å². The number of benzene rings is 1. The molecule has 1 N–H and O–H groups in total. The molecular weight excluding hydrogens is 234 g/mol. The van der Waals surface area contributed by atoms with Crippen molar-refractivity contribution in [2.45, 2.75) is 32.4 Å². The van der Waals surface area contributed by atoms with Crippen molar-refractivity contribution in [3.63, 3.8) is 0 Å². The summed E-state index contributed by atoms with van der Waals surface area (Å²) in [7, 11) is 0. The average molecular weight is 255 g/mol. The van der Waals surface area contributed by atoms with Crippen molar-refractivity contribution in [3.05, 3.63) is 34.9 Å². The Morgan fingerprint density at radius 1 is 1.42 bits per heavy atom. The third-order valence-corrected chi connectivity index (χ3v) is 4.64. The summed E-state index contributed by atoms with van der Waals surface area (Å²) in [4.78, 5) is 2.63. The zero-order valence-electron chi connectivity index (χ0n) is 11.5. The van der Waals surface area contributed by atoms with Crippen LogP contribution in [0.1, 0.15) is 29.5 Å². The van der Waals surface area contributed by atoms with Crippen LogP contribution in [0.2, 0.25) is 0 Å². The van der Waals surface area contributed by atoms with Crippen molar-refractivity contribution in [2.24, 2.45) is 5.92 Å². The Kier molecular flexibility index (Phi) is 3.54. The summed E-state index contributed by atoms with van der Waals surface area (Å²) in [6.07, 6.45) is 2.69. The number of nitrogens with one attached hydrogen (secondary N) is 1. The number of rotatable bonds is 2. The molecule has 2 heterocycles. The Balaban J connectivity index is 1.75. The fourth-order valence-electron chi connectivity index (χ4n) is 3.52. The molecule has 0 spiro atoms. The third kappa shape index (κ3) is 2.51. The van der Waals surface area contributed by atoms with Crippen LogP contribution in [0.25, 0.3) is 0 Å². The smallest absolute Gasteiger partial charge is 0.0991 e. The van der Waals surface area contributed by atoms with Crippen LogP contribution in [-0.2, 0) is 6.54 Å². The van der Waals surface area contributed by atoms with Crippen LogP contribution in [0.5, 0.6) is 0 Å². The zero-order valence-corrected chi connectivity index (χ0v) is 11.5. The van der Waals surface area contributed by atoms with Gasteiger partial charge in [0.15, 0.2) is 0 Å². The quantitative estimate of drug-likeness (QED) is 0.879. The molecule has 2 aliphatic heterocycles. The lowest BCUT2D eigenvalue weighted by Crippen LogP contribution is -2.44. The molecular formula is C16H21N3. The van der Waals surface area contributed by atoms with Gasteiger partial charge in [-0.05, 0) is 62.0 Å². The molecule has 3 heteroatoms. The maximum absolute atomic E-state index is 8.93. The minimum atomic E-state index is 0.712. The van der Waals surface area contributed by atoms with Crippen molar-refractivity contribution in [3.8, 4) is 6.07 Å². The zero-order chi connectivity index (χ0) is 13.2. The lowest BCUT2D eigenvalue weighted by atomic mass is 9.91. The monoisotopic (exact) mass is 255 g/mol. The maximum Gasteiger partial charge on any atom is 0.0991 e. The van der Waals surface area contributed by atoms with Crippen LogP contribution in [0.4, 0.5) is 0 Å². The van der Waals surface area contributed by atoms with Gasteiger partial charge in [-0.1, -0.05) is 6.07 Å². The van der Waals surface area contributed by atoms with Gasteiger partial charge in [0.2, 0.25) is 0 Å². The summed E-state index contributed by atoms with van der Waals surface area (Å²) < 4.78 is 0. The van der Waals surface area contributed by atoms with E-state index < -0.39 is 0 Å². The van der Waals surface area contributed by atoms with E-state index in [9.17, 15) is 0 Å². The molecule has 2 saturated heterocycles. The van der Waals surface area contributed by atoms with Gasteiger partial charge in [-0.3, -0.25) is 4.90 Å². The summed E-state index contributed by atoms with van der Waals surface area (Å²) in [5.41, 5.74) is 3.37. The van der Waals surface area contributed by atoms with Gasteiger partial charge < -0.3 is 5.32 Å². The molecule has 0 amide bonds. The Morgan fingerprint density at radius 2 is 2.32 bits per heavy atom. The largest absolute Gasteiger partial charge is 0.315 e. The van der Waals surface area contributed by atoms with E-state index in [0.29, 0.717) is 6.04 Å². The fraction of sp³-hybridized carbons (Fsp3) is 0.562. The number of nitriles is 1. The van der Waals surface area contributed by atoms with E-state index in [4.69, 9.17) is 5.26 Å². The number of likely N-dealkylation sites (tertiary alicyclic amines) is 1. The highest BCUT2D eigenvalue weighted by atomic mass is 15.2. The van der Waals surface area contributed by atoms with Crippen molar-refractivity contribution in [1.29, 1.82) is 5.26 Å². The fourth-order valence-corrected chi connectivity index (χ4v) is 3.52. The first-order valence-electron chi connectivity index (χ1n) is 7.22. The molecule has 2 aliphatic rings. The summed E-state index contributed by atoms with van der Waals surface area (Å²) in [5.74, 6) is 0.840. The summed E-state index contributed by atoms with van der Waals surface area (Å²) in [6.45, 7) is 6.68. The van der Waals surface area contributed by atoms with Crippen molar-refractivity contribution >= 4 is 0 Å². The Labute approximate surface area is 115 Å². The number of hydrogen-bond acceptors (Lipinski definition) is 3. The van der Waals surface area contributed by atoms with E-state index in [1.165, 1.54) is 37.1 Å². The molecule has 2 fully saturated rings. The molecule has 2 atom stereocenters. The van der Waals surface area contributed by atoms with Crippen LogP contribution in [0.15, 0.2) is 18.2 Å². The first-order valence-corrected chi connectivity index (χ1v) is 7.22. The molecule has 100 valence electrons. The van der Waals surface area contributed by atoms with E-state index in [1.54, 1.807) is 0 Å². The average Bonchev–Trinajstić information content (AvgIpc) is 2.90. The Bertz CT molecular complexity index is 503. The number of piperidine rings is 1. The van der Waals surface area contributed by atoms with Gasteiger partial charge in [0.1, 0.15) is 0 Å². The lowest BCUT2D eigenvalue weighted by molar-refractivity contribution is 0.117. The van der Waals surface area contributed by atoms with Gasteiger partial charge in [-0.2, -0.15) is 5.26 Å². The van der Waals surface area contributed by atoms with Crippen molar-refractivity contribution < 1.29 is 0 Å². The molecule has 2 unspecified atom stereocenters. The summed E-state index contributed by atoms with van der Waals surface area (Å²) in [6, 6.07) is 8.99. The molecule has 0 bridgehead atoms. The second-order valence-corrected chi connectivity index (χ2v) is 5.85. The van der Waals surface area contributed by atoms with Gasteiger partial charge in [-0.25, -0.2) is 0 Å². The van der Waals surface area contributed by atoms with E-state index in [0.717, 1.165) is 24.6 Å². The molecule has 1 aromatic carbocycles. The summed E-state index contributed by atoms with van der Waals surface area (Å²) in [5, 5.41) is 12.5. The first kappa shape index (κ1) is 12.7. The minimum absolute atomic E-state index is 0.712. The highest BCUT2D eigenvalue weighted by molar-refractivity contribution is 5.37. The second kappa shape index (κ2) is 5.32. The third-order valence-electron chi connectivity index (χ3n) is 4.64. The molecule has 0 saturated carbocycles. The van der Waals surface area contributed by atoms with Crippen LogP contribution in [-0.4, -0.2) is 30.6 Å². The number of hydrogen-bond donors (Lipinski definition) is 1. The topological polar surface area (TPSA) is 39.1 Å². The molecule has 1 aromatic rings. The van der Waals surface area contributed by atoms with Crippen molar-refractivity contribution in [2.75, 3.05) is 19.6 Å². The first-order chi connectivity index (χ1) is 9.28. The van der Waals surface area contributed by atoms with Crippen LogP contribution in [0, 0.1) is 24.2 Å². The normalized spacial score (nSPS) is 26.9. The van der Waals surface area contributed by atoms with E-state index >= 15 is 0 Å². The molecule has 3 rings (SSSR count). The summed E-state index contributed by atoms with van der Waals surface area (Å²) >= 11 is 0. The van der Waals surface area contributed by atoms with Crippen LogP contribution in [0.3, 0.4) is 0 Å². The maximum atomic E-state index is 8.93. The minimum Gasteiger partial charge on any atom is -0.315 e. The van der Waals surface area contributed by atoms with Gasteiger partial charge in [0.25, 0.3) is 0 Å². The predicted octanol–water partition coefficient (Wildman–Crippen LogP) is 2.05. The standard InChI is InChI=1S/C16H21N3/c1-12-7-13(8-17)4-5-15(12)11-19-6-2-3-14-9-18-10-16(14)19/h4-5,7,14,16,18H,2-3,6,9-11H2,1H3. The molecule has 0 aromatic heterocycles. The second-order valence-electron chi connectivity index (χ2n) is 5.85. The highest BCUT2D eigenvalue weighted by Crippen LogP contribution is 2.28. The number of nitrogens with zero attached hydrogens (tertiary/aromatic N) is 2.